The van der Waals surface area contributed by atoms with Crippen molar-refractivity contribution in [2.24, 2.45) is 0 Å². The van der Waals surface area contributed by atoms with Gasteiger partial charge in [-0.05, 0) is 32.1 Å². The molecular formula is C21H41O7P. The van der Waals surface area contributed by atoms with Crippen molar-refractivity contribution in [2.45, 2.75) is 103 Å². The number of unbranched alkanes of at least 4 members (excludes halogenated alkanes) is 11. The topological polar surface area (TPSA) is 113 Å². The van der Waals surface area contributed by atoms with E-state index in [1.807, 2.05) is 0 Å². The van der Waals surface area contributed by atoms with Crippen LogP contribution in [0.1, 0.15) is 96.8 Å². The molecule has 0 rings (SSSR count). The standard InChI is InChI=1S/C21H41O7P/c1-2-3-4-5-6-7-8-9-10-11-12-13-14-15-16-17-21(23)27-18-20(22)19-28-29(24,25)26/h11-12,20,22H,2-10,13-19H2,1H3,(H2,24,25,26). The molecule has 3 N–H and O–H groups in total. The van der Waals surface area contributed by atoms with Crippen LogP contribution in [0, 0.1) is 0 Å². The molecule has 0 aromatic carbocycles. The van der Waals surface area contributed by atoms with Gasteiger partial charge in [0.15, 0.2) is 0 Å². The summed E-state index contributed by atoms with van der Waals surface area (Å²) in [4.78, 5) is 28.6. The Morgan fingerprint density at radius 3 is 1.93 bits per heavy atom. The Labute approximate surface area is 176 Å². The van der Waals surface area contributed by atoms with E-state index in [9.17, 15) is 14.5 Å². The second-order valence-electron chi connectivity index (χ2n) is 7.46. The van der Waals surface area contributed by atoms with E-state index in [1.165, 1.54) is 51.4 Å². The van der Waals surface area contributed by atoms with Gasteiger partial charge in [0, 0.05) is 6.42 Å². The average molecular weight is 437 g/mol. The molecule has 0 amide bonds. The normalized spacial score (nSPS) is 13.1. The Morgan fingerprint density at radius 2 is 1.38 bits per heavy atom. The quantitative estimate of drug-likeness (QED) is 0.106. The lowest BCUT2D eigenvalue weighted by atomic mass is 10.1. The van der Waals surface area contributed by atoms with Crippen LogP contribution in [0.15, 0.2) is 12.2 Å². The third-order valence-electron chi connectivity index (χ3n) is 4.51. The van der Waals surface area contributed by atoms with Gasteiger partial charge in [0.2, 0.25) is 0 Å². The van der Waals surface area contributed by atoms with Gasteiger partial charge in [0.05, 0.1) is 6.61 Å². The summed E-state index contributed by atoms with van der Waals surface area (Å²) in [5.74, 6) is -0.425. The monoisotopic (exact) mass is 436 g/mol. The predicted molar refractivity (Wildman–Crippen MR) is 114 cm³/mol. The zero-order chi connectivity index (χ0) is 21.8. The molecule has 29 heavy (non-hydrogen) atoms. The number of carbonyl (C=O) groups excluding carboxylic acids is 1. The Bertz CT molecular complexity index is 462. The molecule has 0 bridgehead atoms. The van der Waals surface area contributed by atoms with Crippen LogP contribution in [0.3, 0.4) is 0 Å². The van der Waals surface area contributed by atoms with Gasteiger partial charge in [-0.25, -0.2) is 4.57 Å². The highest BCUT2D eigenvalue weighted by molar-refractivity contribution is 7.46. The fourth-order valence-corrected chi connectivity index (χ4v) is 3.20. The van der Waals surface area contributed by atoms with Crippen LogP contribution in [0.5, 0.6) is 0 Å². The molecule has 1 unspecified atom stereocenters. The molecule has 1 atom stereocenters. The minimum atomic E-state index is -4.62. The summed E-state index contributed by atoms with van der Waals surface area (Å²) < 4.78 is 19.5. The number of rotatable bonds is 20. The number of ether oxygens (including phenoxy) is 1. The van der Waals surface area contributed by atoms with Gasteiger partial charge >= 0.3 is 13.8 Å². The third kappa shape index (κ3) is 23.4. The molecule has 7 nitrogen and oxygen atoms in total. The van der Waals surface area contributed by atoms with Crippen molar-refractivity contribution in [3.63, 3.8) is 0 Å². The number of allylic oxidation sites excluding steroid dienone is 2. The number of phosphoric acid groups is 1. The summed E-state index contributed by atoms with van der Waals surface area (Å²) in [6, 6.07) is 0. The molecule has 0 saturated heterocycles. The van der Waals surface area contributed by atoms with Gasteiger partial charge < -0.3 is 19.6 Å². The van der Waals surface area contributed by atoms with E-state index in [-0.39, 0.29) is 13.0 Å². The average Bonchev–Trinajstić information content (AvgIpc) is 2.67. The van der Waals surface area contributed by atoms with Crippen LogP contribution >= 0.6 is 7.82 Å². The molecule has 0 aromatic heterocycles. The molecule has 0 aromatic rings. The first-order valence-corrected chi connectivity index (χ1v) is 12.6. The largest absolute Gasteiger partial charge is 0.469 e. The van der Waals surface area contributed by atoms with Crippen LogP contribution in [0.4, 0.5) is 0 Å². The highest BCUT2D eigenvalue weighted by Gasteiger charge is 2.17. The van der Waals surface area contributed by atoms with E-state index in [1.54, 1.807) is 0 Å². The summed E-state index contributed by atoms with van der Waals surface area (Å²) >= 11 is 0. The molecule has 0 radical (unpaired) electrons. The molecule has 0 aliphatic heterocycles. The Morgan fingerprint density at radius 1 is 0.862 bits per heavy atom. The predicted octanol–water partition coefficient (Wildman–Crippen LogP) is 5.04. The number of aliphatic hydroxyl groups is 1. The maximum atomic E-state index is 11.5. The number of hydrogen-bond donors (Lipinski definition) is 3. The van der Waals surface area contributed by atoms with Crippen molar-refractivity contribution >= 4 is 13.8 Å². The number of phosphoric ester groups is 1. The van der Waals surface area contributed by atoms with E-state index in [2.05, 4.69) is 23.6 Å². The number of hydrogen-bond acceptors (Lipinski definition) is 5. The lowest BCUT2D eigenvalue weighted by Gasteiger charge is -2.12. The maximum absolute atomic E-state index is 11.5. The Kier molecular flexibility index (Phi) is 18.8. The zero-order valence-electron chi connectivity index (χ0n) is 18.0. The lowest BCUT2D eigenvalue weighted by molar-refractivity contribution is -0.147. The van der Waals surface area contributed by atoms with E-state index in [0.29, 0.717) is 0 Å². The molecular weight excluding hydrogens is 395 g/mol. The number of carbonyl (C=O) groups is 1. The summed E-state index contributed by atoms with van der Waals surface area (Å²) in [7, 11) is -4.62. The van der Waals surface area contributed by atoms with Crippen LogP contribution in [0.25, 0.3) is 0 Å². The summed E-state index contributed by atoms with van der Waals surface area (Å²) in [5, 5.41) is 9.41. The molecule has 8 heteroatoms. The van der Waals surface area contributed by atoms with Crippen molar-refractivity contribution in [2.75, 3.05) is 13.2 Å². The van der Waals surface area contributed by atoms with Crippen molar-refractivity contribution in [3.8, 4) is 0 Å². The van der Waals surface area contributed by atoms with Gasteiger partial charge in [0.1, 0.15) is 12.7 Å². The molecule has 0 spiro atoms. The first-order chi connectivity index (χ1) is 13.8. The molecule has 0 fully saturated rings. The zero-order valence-corrected chi connectivity index (χ0v) is 18.9. The van der Waals surface area contributed by atoms with Crippen LogP contribution in [-0.2, 0) is 18.6 Å². The SMILES string of the molecule is CCCCCCCCCCC=CCCCCCC(=O)OCC(O)COP(=O)(O)O. The van der Waals surface area contributed by atoms with Crippen LogP contribution in [0.2, 0.25) is 0 Å². The van der Waals surface area contributed by atoms with Gasteiger partial charge in [-0.15, -0.1) is 0 Å². The summed E-state index contributed by atoms with van der Waals surface area (Å²) in [5.41, 5.74) is 0. The highest BCUT2D eigenvalue weighted by atomic mass is 31.2. The van der Waals surface area contributed by atoms with E-state index in [4.69, 9.17) is 14.5 Å². The Hall–Kier alpha value is -0.720. The van der Waals surface area contributed by atoms with Crippen molar-refractivity contribution in [1.82, 2.24) is 0 Å². The maximum Gasteiger partial charge on any atom is 0.469 e. The smallest absolute Gasteiger partial charge is 0.463 e. The fourth-order valence-electron chi connectivity index (χ4n) is 2.83. The van der Waals surface area contributed by atoms with E-state index >= 15 is 0 Å². The van der Waals surface area contributed by atoms with Crippen molar-refractivity contribution in [3.05, 3.63) is 12.2 Å². The molecule has 0 heterocycles. The van der Waals surface area contributed by atoms with E-state index < -0.39 is 26.5 Å². The minimum Gasteiger partial charge on any atom is -0.463 e. The second kappa shape index (κ2) is 19.3. The first kappa shape index (κ1) is 28.3. The second-order valence-corrected chi connectivity index (χ2v) is 8.70. The van der Waals surface area contributed by atoms with Crippen molar-refractivity contribution in [1.29, 1.82) is 0 Å². The van der Waals surface area contributed by atoms with Crippen LogP contribution in [-0.4, -0.2) is 40.2 Å². The molecule has 0 saturated carbocycles. The summed E-state index contributed by atoms with van der Waals surface area (Å²) in [6.45, 7) is 1.33. The third-order valence-corrected chi connectivity index (χ3v) is 5.00. The first-order valence-electron chi connectivity index (χ1n) is 11.0. The van der Waals surface area contributed by atoms with Crippen molar-refractivity contribution < 1.29 is 33.5 Å². The fraction of sp³-hybridized carbons (Fsp3) is 0.857. The van der Waals surface area contributed by atoms with Gasteiger partial charge in [-0.2, -0.15) is 0 Å². The van der Waals surface area contributed by atoms with Gasteiger partial charge in [-0.3, -0.25) is 9.32 Å². The molecule has 0 aliphatic carbocycles. The number of aliphatic hydroxyl groups excluding tert-OH is 1. The molecule has 172 valence electrons. The summed E-state index contributed by atoms with van der Waals surface area (Å²) in [6.07, 6.45) is 19.1. The lowest BCUT2D eigenvalue weighted by Crippen LogP contribution is -2.23. The van der Waals surface area contributed by atoms with Gasteiger partial charge in [-0.1, -0.05) is 70.4 Å². The van der Waals surface area contributed by atoms with E-state index in [0.717, 1.165) is 32.1 Å². The minimum absolute atomic E-state index is 0.272. The van der Waals surface area contributed by atoms with Crippen LogP contribution < -0.4 is 0 Å². The molecule has 0 aliphatic rings. The number of esters is 1. The van der Waals surface area contributed by atoms with Gasteiger partial charge in [0.25, 0.3) is 0 Å². The Balaban J connectivity index is 3.39. The highest BCUT2D eigenvalue weighted by Crippen LogP contribution is 2.35.